The summed E-state index contributed by atoms with van der Waals surface area (Å²) in [5.74, 6) is 0. The summed E-state index contributed by atoms with van der Waals surface area (Å²) < 4.78 is 22.3. The quantitative estimate of drug-likeness (QED) is 0.643. The fraction of sp³-hybridized carbons (Fsp3) is 0. The highest BCUT2D eigenvalue weighted by atomic mass is 35.5. The number of anilines is 1. The predicted molar refractivity (Wildman–Crippen MR) is 70.1 cm³/mol. The lowest BCUT2D eigenvalue weighted by Crippen LogP contribution is -2.12. The Labute approximate surface area is 118 Å². The number of rotatable bonds is 3. The molecule has 1 aromatic rings. The summed E-state index contributed by atoms with van der Waals surface area (Å²) in [4.78, 5) is -0.266. The van der Waals surface area contributed by atoms with E-state index in [0.29, 0.717) is 0 Å². The summed E-state index contributed by atoms with van der Waals surface area (Å²) in [6.45, 7) is 0. The third-order valence-corrected chi connectivity index (χ3v) is 3.32. The van der Waals surface area contributed by atoms with Crippen molar-refractivity contribution in [2.24, 2.45) is 10.2 Å². The summed E-state index contributed by atoms with van der Waals surface area (Å²) in [5, 5.41) is 25.2. The number of nitrogens with one attached hydrogen (secondary N) is 1. The summed E-state index contributed by atoms with van der Waals surface area (Å²) in [5.41, 5.74) is 1.92. The third kappa shape index (κ3) is 3.81. The van der Waals surface area contributed by atoms with Gasteiger partial charge in [-0.25, -0.2) is 13.6 Å². The normalized spacial score (nSPS) is 10.2. The Bertz CT molecular complexity index is 691. The lowest BCUT2D eigenvalue weighted by molar-refractivity contribution is 0.598. The van der Waals surface area contributed by atoms with Crippen LogP contribution in [-0.2, 0) is 10.0 Å². The Hall–Kier alpha value is -1.84. The number of benzene rings is 1. The molecule has 0 heterocycles. The van der Waals surface area contributed by atoms with E-state index in [1.165, 1.54) is 12.1 Å². The molecule has 0 radical (unpaired) electrons. The maximum absolute atomic E-state index is 11.1. The largest absolute Gasteiger partial charge is 0.273 e. The molecular weight excluding hydrogens is 313 g/mol. The molecule has 1 rings (SSSR count). The van der Waals surface area contributed by atoms with Gasteiger partial charge in [-0.2, -0.15) is 15.6 Å². The standard InChI is InChI=1S/C9H5Cl2N5O2S/c10-7-1-6(19(14,17)18)2-8(11)9(7)16-15-5(3-12)4-13/h1-2,16H,(H2,14,17,18). The summed E-state index contributed by atoms with van der Waals surface area (Å²) in [6.07, 6.45) is 0. The summed E-state index contributed by atoms with van der Waals surface area (Å²) >= 11 is 11.6. The zero-order chi connectivity index (χ0) is 14.6. The second-order valence-corrected chi connectivity index (χ2v) is 5.48. The van der Waals surface area contributed by atoms with Crippen LogP contribution >= 0.6 is 23.2 Å². The highest BCUT2D eigenvalue weighted by Gasteiger charge is 2.14. The highest BCUT2D eigenvalue weighted by Crippen LogP contribution is 2.33. The minimum atomic E-state index is -3.94. The van der Waals surface area contributed by atoms with Crippen molar-refractivity contribution < 1.29 is 8.42 Å². The molecule has 0 unspecified atom stereocenters. The van der Waals surface area contributed by atoms with Gasteiger partial charge in [0.2, 0.25) is 15.7 Å². The van der Waals surface area contributed by atoms with E-state index in [9.17, 15) is 8.42 Å². The lowest BCUT2D eigenvalue weighted by atomic mass is 10.3. The first-order valence-electron chi connectivity index (χ1n) is 4.45. The van der Waals surface area contributed by atoms with Crippen LogP contribution in [0.2, 0.25) is 10.0 Å². The van der Waals surface area contributed by atoms with Gasteiger partial charge in [0, 0.05) is 0 Å². The Kier molecular flexibility index (Phi) is 4.70. The summed E-state index contributed by atoms with van der Waals surface area (Å²) in [6, 6.07) is 5.18. The molecule has 0 aliphatic carbocycles. The first kappa shape index (κ1) is 15.2. The van der Waals surface area contributed by atoms with Gasteiger partial charge in [0.15, 0.2) is 0 Å². The van der Waals surface area contributed by atoms with E-state index in [0.717, 1.165) is 12.1 Å². The van der Waals surface area contributed by atoms with E-state index in [1.54, 1.807) is 0 Å². The molecule has 0 aromatic heterocycles. The Morgan fingerprint density at radius 2 is 1.74 bits per heavy atom. The van der Waals surface area contributed by atoms with Gasteiger partial charge in [-0.05, 0) is 12.1 Å². The monoisotopic (exact) mass is 317 g/mol. The zero-order valence-electron chi connectivity index (χ0n) is 9.05. The second-order valence-electron chi connectivity index (χ2n) is 3.10. The molecule has 1 aromatic carbocycles. The number of hydrazone groups is 1. The Morgan fingerprint density at radius 3 is 2.11 bits per heavy atom. The fourth-order valence-electron chi connectivity index (χ4n) is 1.01. The SMILES string of the molecule is N#CC(C#N)=NNc1c(Cl)cc(S(N)(=O)=O)cc1Cl. The molecule has 0 fully saturated rings. The lowest BCUT2D eigenvalue weighted by Gasteiger charge is -2.08. The van der Waals surface area contributed by atoms with Crippen molar-refractivity contribution in [2.45, 2.75) is 4.90 Å². The molecule has 0 aliphatic heterocycles. The number of nitrogens with two attached hydrogens (primary N) is 1. The van der Waals surface area contributed by atoms with Gasteiger partial charge < -0.3 is 0 Å². The van der Waals surface area contributed by atoms with Crippen molar-refractivity contribution >= 4 is 44.6 Å². The Morgan fingerprint density at radius 1 is 1.26 bits per heavy atom. The van der Waals surface area contributed by atoms with E-state index >= 15 is 0 Å². The molecule has 0 bridgehead atoms. The first-order chi connectivity index (χ1) is 8.79. The molecule has 3 N–H and O–H groups in total. The van der Waals surface area contributed by atoms with Gasteiger partial charge in [0.25, 0.3) is 0 Å². The molecule has 10 heteroatoms. The minimum absolute atomic E-state index is 0.0544. The Balaban J connectivity index is 3.24. The van der Waals surface area contributed by atoms with Crippen molar-refractivity contribution in [2.75, 3.05) is 5.43 Å². The van der Waals surface area contributed by atoms with Crippen LogP contribution in [0.4, 0.5) is 5.69 Å². The van der Waals surface area contributed by atoms with Crippen LogP contribution in [0.1, 0.15) is 0 Å². The molecule has 0 spiro atoms. The number of hydrogen-bond donors (Lipinski definition) is 2. The first-order valence-corrected chi connectivity index (χ1v) is 6.75. The maximum atomic E-state index is 11.1. The number of nitriles is 2. The van der Waals surface area contributed by atoms with E-state index in [4.69, 9.17) is 38.9 Å². The van der Waals surface area contributed by atoms with Gasteiger partial charge in [0.1, 0.15) is 12.1 Å². The number of nitrogens with zero attached hydrogens (tertiary/aromatic N) is 3. The van der Waals surface area contributed by atoms with Gasteiger partial charge in [-0.1, -0.05) is 23.2 Å². The zero-order valence-corrected chi connectivity index (χ0v) is 11.4. The molecule has 0 amide bonds. The van der Waals surface area contributed by atoms with Crippen LogP contribution in [0, 0.1) is 22.7 Å². The summed E-state index contributed by atoms with van der Waals surface area (Å²) in [7, 11) is -3.94. The van der Waals surface area contributed by atoms with Crippen LogP contribution < -0.4 is 10.6 Å². The topological polar surface area (TPSA) is 132 Å². The third-order valence-electron chi connectivity index (χ3n) is 1.84. The van der Waals surface area contributed by atoms with Crippen LogP contribution in [0.25, 0.3) is 0 Å². The average molecular weight is 318 g/mol. The number of halogens is 2. The molecule has 98 valence electrons. The number of hydrogen-bond acceptors (Lipinski definition) is 6. The smallest absolute Gasteiger partial charge is 0.238 e. The molecule has 0 saturated heterocycles. The van der Waals surface area contributed by atoms with Crippen LogP contribution in [-0.4, -0.2) is 14.1 Å². The number of sulfonamides is 1. The molecule has 19 heavy (non-hydrogen) atoms. The molecule has 0 atom stereocenters. The molecule has 0 aliphatic rings. The van der Waals surface area contributed by atoms with Crippen LogP contribution in [0.5, 0.6) is 0 Å². The highest BCUT2D eigenvalue weighted by molar-refractivity contribution is 7.89. The van der Waals surface area contributed by atoms with E-state index in [-0.39, 0.29) is 20.6 Å². The van der Waals surface area contributed by atoms with Gasteiger partial charge >= 0.3 is 0 Å². The van der Waals surface area contributed by atoms with E-state index in [2.05, 4.69) is 10.5 Å². The molecule has 0 saturated carbocycles. The van der Waals surface area contributed by atoms with E-state index < -0.39 is 15.7 Å². The maximum Gasteiger partial charge on any atom is 0.238 e. The minimum Gasteiger partial charge on any atom is -0.273 e. The van der Waals surface area contributed by atoms with Crippen molar-refractivity contribution in [1.29, 1.82) is 10.5 Å². The van der Waals surface area contributed by atoms with E-state index in [1.807, 2.05) is 0 Å². The predicted octanol–water partition coefficient (Wildman–Crippen LogP) is 1.46. The second kappa shape index (κ2) is 5.87. The van der Waals surface area contributed by atoms with Crippen LogP contribution in [0.3, 0.4) is 0 Å². The van der Waals surface area contributed by atoms with Gasteiger partial charge in [0.05, 0.1) is 20.6 Å². The van der Waals surface area contributed by atoms with Crippen molar-refractivity contribution in [3.63, 3.8) is 0 Å². The number of primary sulfonamides is 1. The van der Waals surface area contributed by atoms with Crippen molar-refractivity contribution in [1.82, 2.24) is 0 Å². The molecule has 7 nitrogen and oxygen atoms in total. The van der Waals surface area contributed by atoms with Gasteiger partial charge in [-0.3, -0.25) is 5.43 Å². The van der Waals surface area contributed by atoms with Gasteiger partial charge in [-0.15, -0.1) is 0 Å². The fourth-order valence-corrected chi connectivity index (χ4v) is 2.27. The van der Waals surface area contributed by atoms with Crippen molar-refractivity contribution in [3.05, 3.63) is 22.2 Å². The van der Waals surface area contributed by atoms with Crippen molar-refractivity contribution in [3.8, 4) is 12.1 Å². The van der Waals surface area contributed by atoms with Crippen LogP contribution in [0.15, 0.2) is 22.1 Å². The molecular formula is C9H5Cl2N5O2S. The average Bonchev–Trinajstić information content (AvgIpc) is 2.31.